The van der Waals surface area contributed by atoms with Crippen molar-refractivity contribution in [1.82, 2.24) is 9.80 Å². The van der Waals surface area contributed by atoms with E-state index in [4.69, 9.17) is 5.73 Å². The number of nitrogens with one attached hydrogen (secondary N) is 1. The van der Waals surface area contributed by atoms with Gasteiger partial charge in [-0.3, -0.25) is 4.90 Å². The third-order valence-electron chi connectivity index (χ3n) is 5.00. The van der Waals surface area contributed by atoms with E-state index in [1.165, 1.54) is 36.2 Å². The highest BCUT2D eigenvalue weighted by molar-refractivity contribution is 5.92. The number of benzene rings is 2. The van der Waals surface area contributed by atoms with Crippen LogP contribution in [0.5, 0.6) is 0 Å². The first-order chi connectivity index (χ1) is 13.1. The zero-order valence-corrected chi connectivity index (χ0v) is 16.5. The zero-order valence-electron chi connectivity index (χ0n) is 16.5. The van der Waals surface area contributed by atoms with Crippen LogP contribution in [-0.2, 0) is 13.1 Å². The second-order valence-electron chi connectivity index (χ2n) is 7.44. The lowest BCUT2D eigenvalue weighted by molar-refractivity contribution is 0.269. The van der Waals surface area contributed by atoms with Crippen LogP contribution in [0.15, 0.2) is 53.5 Å². The quantitative estimate of drug-likeness (QED) is 0.632. The Balaban J connectivity index is 1.50. The summed E-state index contributed by atoms with van der Waals surface area (Å²) in [6, 6.07) is 16.9. The Labute approximate surface area is 162 Å². The Morgan fingerprint density at radius 3 is 2.41 bits per heavy atom. The molecule has 1 saturated heterocycles. The first kappa shape index (κ1) is 19.4. The van der Waals surface area contributed by atoms with Crippen molar-refractivity contribution < 1.29 is 0 Å². The molecule has 0 aromatic heterocycles. The molecule has 2 aromatic rings. The first-order valence-corrected chi connectivity index (χ1v) is 9.71. The standard InChI is InChI=1S/C22H31N5/c1-18-4-10-21(11-5-18)25-22(23)24-16-19-6-8-20(9-7-19)17-27-13-3-12-26(2)14-15-27/h4-11H,3,12-17H2,1-2H3,(H3,23,24,25). The summed E-state index contributed by atoms with van der Waals surface area (Å²) in [5, 5.41) is 3.13. The average Bonchev–Trinajstić information content (AvgIpc) is 2.87. The van der Waals surface area contributed by atoms with E-state index in [0.717, 1.165) is 25.3 Å². The molecule has 1 heterocycles. The molecule has 0 unspecified atom stereocenters. The smallest absolute Gasteiger partial charge is 0.193 e. The van der Waals surface area contributed by atoms with Crippen molar-refractivity contribution in [3.8, 4) is 0 Å². The van der Waals surface area contributed by atoms with Crippen molar-refractivity contribution in [3.05, 3.63) is 65.2 Å². The molecule has 144 valence electrons. The van der Waals surface area contributed by atoms with Gasteiger partial charge in [0.2, 0.25) is 0 Å². The van der Waals surface area contributed by atoms with Gasteiger partial charge in [0.25, 0.3) is 0 Å². The molecule has 0 atom stereocenters. The Morgan fingerprint density at radius 1 is 0.963 bits per heavy atom. The minimum atomic E-state index is 0.441. The molecule has 0 aliphatic carbocycles. The van der Waals surface area contributed by atoms with Crippen LogP contribution in [0.3, 0.4) is 0 Å². The lowest BCUT2D eigenvalue weighted by atomic mass is 10.1. The molecule has 27 heavy (non-hydrogen) atoms. The maximum Gasteiger partial charge on any atom is 0.193 e. The van der Waals surface area contributed by atoms with Crippen molar-refractivity contribution in [1.29, 1.82) is 0 Å². The number of aliphatic imine (C=N–C) groups is 1. The minimum Gasteiger partial charge on any atom is -0.370 e. The van der Waals surface area contributed by atoms with Gasteiger partial charge in [-0.2, -0.15) is 0 Å². The lowest BCUT2D eigenvalue weighted by Gasteiger charge is -2.20. The Bertz CT molecular complexity index is 736. The number of hydrogen-bond donors (Lipinski definition) is 2. The third-order valence-corrected chi connectivity index (χ3v) is 5.00. The Kier molecular flexibility index (Phi) is 6.85. The van der Waals surface area contributed by atoms with Gasteiger partial charge in [-0.15, -0.1) is 0 Å². The zero-order chi connectivity index (χ0) is 19.1. The predicted octanol–water partition coefficient (Wildman–Crippen LogP) is 3.06. The summed E-state index contributed by atoms with van der Waals surface area (Å²) < 4.78 is 0. The highest BCUT2D eigenvalue weighted by Gasteiger charge is 2.12. The van der Waals surface area contributed by atoms with E-state index in [1.54, 1.807) is 0 Å². The van der Waals surface area contributed by atoms with Crippen LogP contribution in [0.2, 0.25) is 0 Å². The molecule has 3 rings (SSSR count). The molecule has 5 nitrogen and oxygen atoms in total. The van der Waals surface area contributed by atoms with Crippen molar-refractivity contribution >= 4 is 11.6 Å². The van der Waals surface area contributed by atoms with Crippen LogP contribution < -0.4 is 11.1 Å². The van der Waals surface area contributed by atoms with E-state index in [1.807, 2.05) is 12.1 Å². The molecule has 5 heteroatoms. The van der Waals surface area contributed by atoms with Crippen LogP contribution in [0.25, 0.3) is 0 Å². The Morgan fingerprint density at radius 2 is 1.67 bits per heavy atom. The lowest BCUT2D eigenvalue weighted by Crippen LogP contribution is -2.28. The van der Waals surface area contributed by atoms with E-state index < -0.39 is 0 Å². The van der Waals surface area contributed by atoms with Crippen LogP contribution in [0.1, 0.15) is 23.1 Å². The van der Waals surface area contributed by atoms with E-state index in [2.05, 4.69) is 70.5 Å². The Hall–Kier alpha value is -2.37. The van der Waals surface area contributed by atoms with Crippen LogP contribution in [-0.4, -0.2) is 49.0 Å². The summed E-state index contributed by atoms with van der Waals surface area (Å²) in [6.45, 7) is 8.34. The molecule has 3 N–H and O–H groups in total. The van der Waals surface area contributed by atoms with Gasteiger partial charge in [0.1, 0.15) is 0 Å². The topological polar surface area (TPSA) is 56.9 Å². The molecule has 1 aliphatic heterocycles. The molecule has 1 aliphatic rings. The second-order valence-corrected chi connectivity index (χ2v) is 7.44. The van der Waals surface area contributed by atoms with Crippen molar-refractivity contribution in [2.45, 2.75) is 26.4 Å². The summed E-state index contributed by atoms with van der Waals surface area (Å²) in [5.74, 6) is 0.441. The maximum absolute atomic E-state index is 6.00. The molecule has 0 radical (unpaired) electrons. The number of hydrogen-bond acceptors (Lipinski definition) is 3. The van der Waals surface area contributed by atoms with Gasteiger partial charge in [-0.1, -0.05) is 42.0 Å². The number of aryl methyl sites for hydroxylation is 1. The number of nitrogens with zero attached hydrogens (tertiary/aromatic N) is 3. The fourth-order valence-corrected chi connectivity index (χ4v) is 3.27. The van der Waals surface area contributed by atoms with Crippen molar-refractivity contribution in [2.24, 2.45) is 10.7 Å². The third kappa shape index (κ3) is 6.38. The van der Waals surface area contributed by atoms with Gasteiger partial charge in [0, 0.05) is 25.3 Å². The summed E-state index contributed by atoms with van der Waals surface area (Å²) in [4.78, 5) is 9.40. The van der Waals surface area contributed by atoms with Gasteiger partial charge in [0.15, 0.2) is 5.96 Å². The van der Waals surface area contributed by atoms with Gasteiger partial charge in [-0.25, -0.2) is 4.99 Å². The van der Waals surface area contributed by atoms with E-state index >= 15 is 0 Å². The van der Waals surface area contributed by atoms with Crippen LogP contribution in [0.4, 0.5) is 5.69 Å². The van der Waals surface area contributed by atoms with Crippen molar-refractivity contribution in [2.75, 3.05) is 38.5 Å². The summed E-state index contributed by atoms with van der Waals surface area (Å²) in [7, 11) is 2.21. The van der Waals surface area contributed by atoms with Crippen LogP contribution in [0, 0.1) is 6.92 Å². The molecule has 2 aromatic carbocycles. The fraction of sp³-hybridized carbons (Fsp3) is 0.409. The van der Waals surface area contributed by atoms with E-state index in [0.29, 0.717) is 12.5 Å². The van der Waals surface area contributed by atoms with Crippen LogP contribution >= 0.6 is 0 Å². The highest BCUT2D eigenvalue weighted by Crippen LogP contribution is 2.11. The van der Waals surface area contributed by atoms with Gasteiger partial charge < -0.3 is 16.0 Å². The second kappa shape index (κ2) is 9.53. The molecule has 0 spiro atoms. The SMILES string of the molecule is Cc1ccc(NC(N)=NCc2ccc(CN3CCCN(C)CC3)cc2)cc1. The van der Waals surface area contributed by atoms with Gasteiger partial charge in [-0.05, 0) is 56.7 Å². The predicted molar refractivity (Wildman–Crippen MR) is 114 cm³/mol. The summed E-state index contributed by atoms with van der Waals surface area (Å²) in [6.07, 6.45) is 1.25. The normalized spacial score (nSPS) is 16.9. The number of guanidine groups is 1. The monoisotopic (exact) mass is 365 g/mol. The average molecular weight is 366 g/mol. The first-order valence-electron chi connectivity index (χ1n) is 9.71. The van der Waals surface area contributed by atoms with Crippen molar-refractivity contribution in [3.63, 3.8) is 0 Å². The number of rotatable bonds is 5. The molecule has 1 fully saturated rings. The van der Waals surface area contributed by atoms with Gasteiger partial charge in [0.05, 0.1) is 6.54 Å². The summed E-state index contributed by atoms with van der Waals surface area (Å²) >= 11 is 0. The molecular formula is C22H31N5. The molecule has 0 saturated carbocycles. The van der Waals surface area contributed by atoms with E-state index in [9.17, 15) is 0 Å². The molecule has 0 bridgehead atoms. The number of anilines is 1. The number of likely N-dealkylation sites (N-methyl/N-ethyl adjacent to an activating group) is 1. The minimum absolute atomic E-state index is 0.441. The summed E-state index contributed by atoms with van der Waals surface area (Å²) in [5.41, 5.74) is 10.7. The fourth-order valence-electron chi connectivity index (χ4n) is 3.27. The van der Waals surface area contributed by atoms with E-state index in [-0.39, 0.29) is 0 Å². The maximum atomic E-state index is 6.00. The molecule has 0 amide bonds. The van der Waals surface area contributed by atoms with Gasteiger partial charge >= 0.3 is 0 Å². The largest absolute Gasteiger partial charge is 0.370 e. The molecular weight excluding hydrogens is 334 g/mol. The highest BCUT2D eigenvalue weighted by atomic mass is 15.2. The number of nitrogens with two attached hydrogens (primary N) is 1.